The number of likely N-dealkylation sites (tertiary alicyclic amines) is 1. The van der Waals surface area contributed by atoms with Crippen LogP contribution < -0.4 is 5.73 Å². The second kappa shape index (κ2) is 5.52. The SMILES string of the molecule is CC(C)[C@@H](N)C(=O)N1CCCC(c2ccn[nH]2)C1. The summed E-state index contributed by atoms with van der Waals surface area (Å²) in [6.45, 7) is 5.54. The van der Waals surface area contributed by atoms with Crippen molar-refractivity contribution in [1.82, 2.24) is 15.1 Å². The lowest BCUT2D eigenvalue weighted by Gasteiger charge is -2.34. The molecule has 2 rings (SSSR count). The molecule has 1 unspecified atom stereocenters. The van der Waals surface area contributed by atoms with Crippen LogP contribution in [0.15, 0.2) is 12.3 Å². The van der Waals surface area contributed by atoms with Gasteiger partial charge in [0.05, 0.1) is 6.04 Å². The summed E-state index contributed by atoms with van der Waals surface area (Å²) < 4.78 is 0. The summed E-state index contributed by atoms with van der Waals surface area (Å²) in [6.07, 6.45) is 3.89. The van der Waals surface area contributed by atoms with E-state index in [0.717, 1.165) is 31.6 Å². The fraction of sp³-hybridized carbons (Fsp3) is 0.692. The normalized spacial score (nSPS) is 22.2. The molecule has 1 aromatic heterocycles. The van der Waals surface area contributed by atoms with Crippen molar-refractivity contribution in [3.63, 3.8) is 0 Å². The molecular weight excluding hydrogens is 228 g/mol. The van der Waals surface area contributed by atoms with Gasteiger partial charge in [0, 0.05) is 30.9 Å². The third kappa shape index (κ3) is 2.72. The summed E-state index contributed by atoms with van der Waals surface area (Å²) in [6, 6.07) is 1.60. The van der Waals surface area contributed by atoms with Crippen LogP contribution in [-0.4, -0.2) is 40.1 Å². The molecule has 1 fully saturated rings. The Kier molecular flexibility index (Phi) is 4.01. The van der Waals surface area contributed by atoms with Crippen LogP contribution in [0.25, 0.3) is 0 Å². The minimum atomic E-state index is -0.384. The van der Waals surface area contributed by atoms with Crippen molar-refractivity contribution >= 4 is 5.91 Å². The molecule has 0 aromatic carbocycles. The molecule has 1 aliphatic rings. The molecule has 5 nitrogen and oxygen atoms in total. The van der Waals surface area contributed by atoms with E-state index in [4.69, 9.17) is 5.73 Å². The minimum Gasteiger partial charge on any atom is -0.341 e. The fourth-order valence-corrected chi connectivity index (χ4v) is 2.42. The minimum absolute atomic E-state index is 0.0780. The molecule has 0 spiro atoms. The zero-order valence-electron chi connectivity index (χ0n) is 11.1. The van der Waals surface area contributed by atoms with Gasteiger partial charge in [0.1, 0.15) is 0 Å². The van der Waals surface area contributed by atoms with Crippen LogP contribution in [-0.2, 0) is 4.79 Å². The number of carbonyl (C=O) groups is 1. The first-order valence-corrected chi connectivity index (χ1v) is 6.63. The van der Waals surface area contributed by atoms with Gasteiger partial charge in [-0.05, 0) is 24.8 Å². The molecule has 5 heteroatoms. The molecule has 2 heterocycles. The van der Waals surface area contributed by atoms with Gasteiger partial charge in [0.15, 0.2) is 0 Å². The monoisotopic (exact) mass is 250 g/mol. The number of aromatic nitrogens is 2. The number of amides is 1. The number of piperidine rings is 1. The maximum atomic E-state index is 12.2. The van der Waals surface area contributed by atoms with Gasteiger partial charge in [0.25, 0.3) is 0 Å². The third-order valence-corrected chi connectivity index (χ3v) is 3.70. The maximum Gasteiger partial charge on any atom is 0.239 e. The molecular formula is C13H22N4O. The Bertz CT molecular complexity index is 388. The second-order valence-corrected chi connectivity index (χ2v) is 5.41. The highest BCUT2D eigenvalue weighted by atomic mass is 16.2. The van der Waals surface area contributed by atoms with Crippen molar-refractivity contribution in [3.8, 4) is 0 Å². The zero-order chi connectivity index (χ0) is 13.1. The summed E-state index contributed by atoms with van der Waals surface area (Å²) in [5, 5.41) is 6.98. The van der Waals surface area contributed by atoms with E-state index in [1.165, 1.54) is 0 Å². The van der Waals surface area contributed by atoms with Crippen LogP contribution in [0, 0.1) is 5.92 Å². The van der Waals surface area contributed by atoms with Crippen molar-refractivity contribution < 1.29 is 4.79 Å². The van der Waals surface area contributed by atoms with Crippen molar-refractivity contribution in [2.75, 3.05) is 13.1 Å². The number of carbonyl (C=O) groups excluding carboxylic acids is 1. The Balaban J connectivity index is 2.01. The van der Waals surface area contributed by atoms with Crippen LogP contribution in [0.1, 0.15) is 38.3 Å². The van der Waals surface area contributed by atoms with Gasteiger partial charge >= 0.3 is 0 Å². The van der Waals surface area contributed by atoms with Crippen LogP contribution in [0.2, 0.25) is 0 Å². The Hall–Kier alpha value is -1.36. The Labute approximate surface area is 108 Å². The molecule has 2 atom stereocenters. The Morgan fingerprint density at radius 2 is 2.39 bits per heavy atom. The smallest absolute Gasteiger partial charge is 0.239 e. The summed E-state index contributed by atoms with van der Waals surface area (Å²) >= 11 is 0. The molecule has 18 heavy (non-hydrogen) atoms. The number of hydrogen-bond donors (Lipinski definition) is 2. The van der Waals surface area contributed by atoms with E-state index in [1.54, 1.807) is 6.20 Å². The molecule has 1 aliphatic heterocycles. The number of rotatable bonds is 3. The summed E-state index contributed by atoms with van der Waals surface area (Å²) in [4.78, 5) is 14.1. The Morgan fingerprint density at radius 3 is 3.00 bits per heavy atom. The molecule has 1 amide bonds. The van der Waals surface area contributed by atoms with Crippen LogP contribution in [0.3, 0.4) is 0 Å². The number of nitrogens with zero attached hydrogens (tertiary/aromatic N) is 2. The quantitative estimate of drug-likeness (QED) is 0.843. The third-order valence-electron chi connectivity index (χ3n) is 3.70. The number of nitrogens with two attached hydrogens (primary N) is 1. The van der Waals surface area contributed by atoms with Crippen molar-refractivity contribution in [2.24, 2.45) is 11.7 Å². The van der Waals surface area contributed by atoms with Gasteiger partial charge in [-0.3, -0.25) is 9.89 Å². The lowest BCUT2D eigenvalue weighted by molar-refractivity contribution is -0.134. The first-order valence-electron chi connectivity index (χ1n) is 6.63. The van der Waals surface area contributed by atoms with Gasteiger partial charge in [-0.1, -0.05) is 13.8 Å². The summed E-state index contributed by atoms with van der Waals surface area (Å²) in [5.74, 6) is 0.629. The van der Waals surface area contributed by atoms with Gasteiger partial charge in [0.2, 0.25) is 5.91 Å². The lowest BCUT2D eigenvalue weighted by Crippen LogP contribution is -2.49. The van der Waals surface area contributed by atoms with Gasteiger partial charge in [-0.2, -0.15) is 5.10 Å². The van der Waals surface area contributed by atoms with E-state index in [-0.39, 0.29) is 17.9 Å². The van der Waals surface area contributed by atoms with E-state index in [2.05, 4.69) is 10.2 Å². The molecule has 1 saturated heterocycles. The Morgan fingerprint density at radius 1 is 1.61 bits per heavy atom. The van der Waals surface area contributed by atoms with Gasteiger partial charge < -0.3 is 10.6 Å². The lowest BCUT2D eigenvalue weighted by atomic mass is 9.93. The molecule has 0 bridgehead atoms. The zero-order valence-corrected chi connectivity index (χ0v) is 11.1. The fourth-order valence-electron chi connectivity index (χ4n) is 2.42. The predicted molar refractivity (Wildman–Crippen MR) is 70.0 cm³/mol. The summed E-state index contributed by atoms with van der Waals surface area (Å²) in [5.41, 5.74) is 7.06. The largest absolute Gasteiger partial charge is 0.341 e. The highest BCUT2D eigenvalue weighted by Crippen LogP contribution is 2.25. The van der Waals surface area contributed by atoms with E-state index in [0.29, 0.717) is 5.92 Å². The molecule has 0 aliphatic carbocycles. The maximum absolute atomic E-state index is 12.2. The van der Waals surface area contributed by atoms with E-state index >= 15 is 0 Å². The molecule has 0 radical (unpaired) electrons. The predicted octanol–water partition coefficient (Wildman–Crippen LogP) is 1.10. The van der Waals surface area contributed by atoms with Crippen molar-refractivity contribution in [1.29, 1.82) is 0 Å². The average molecular weight is 250 g/mol. The number of hydrogen-bond acceptors (Lipinski definition) is 3. The average Bonchev–Trinajstić information content (AvgIpc) is 2.91. The highest BCUT2D eigenvalue weighted by molar-refractivity contribution is 5.82. The van der Waals surface area contributed by atoms with E-state index in [1.807, 2.05) is 24.8 Å². The topological polar surface area (TPSA) is 75.0 Å². The molecule has 100 valence electrons. The highest BCUT2D eigenvalue weighted by Gasteiger charge is 2.29. The van der Waals surface area contributed by atoms with Crippen LogP contribution >= 0.6 is 0 Å². The standard InChI is InChI=1S/C13H22N4O/c1-9(2)12(14)13(18)17-7-3-4-10(8-17)11-5-6-15-16-11/h5-6,9-10,12H,3-4,7-8,14H2,1-2H3,(H,15,16)/t10?,12-/m1/s1. The van der Waals surface area contributed by atoms with E-state index < -0.39 is 0 Å². The van der Waals surface area contributed by atoms with Crippen molar-refractivity contribution in [3.05, 3.63) is 18.0 Å². The van der Waals surface area contributed by atoms with Crippen LogP contribution in [0.5, 0.6) is 0 Å². The van der Waals surface area contributed by atoms with Crippen molar-refractivity contribution in [2.45, 2.75) is 38.6 Å². The molecule has 1 aromatic rings. The number of nitrogens with one attached hydrogen (secondary N) is 1. The van der Waals surface area contributed by atoms with E-state index in [9.17, 15) is 4.79 Å². The number of aromatic amines is 1. The van der Waals surface area contributed by atoms with Gasteiger partial charge in [-0.15, -0.1) is 0 Å². The first-order chi connectivity index (χ1) is 8.59. The first kappa shape index (κ1) is 13.1. The number of H-pyrrole nitrogens is 1. The summed E-state index contributed by atoms with van der Waals surface area (Å²) in [7, 11) is 0. The molecule has 3 N–H and O–H groups in total. The second-order valence-electron chi connectivity index (χ2n) is 5.41. The molecule has 0 saturated carbocycles. The van der Waals surface area contributed by atoms with Crippen LogP contribution in [0.4, 0.5) is 0 Å². The van der Waals surface area contributed by atoms with Gasteiger partial charge in [-0.25, -0.2) is 0 Å².